The van der Waals surface area contributed by atoms with Gasteiger partial charge in [-0.15, -0.1) is 0 Å². The van der Waals surface area contributed by atoms with E-state index in [4.69, 9.17) is 4.74 Å². The van der Waals surface area contributed by atoms with Gasteiger partial charge in [0.15, 0.2) is 0 Å². The van der Waals surface area contributed by atoms with Crippen molar-refractivity contribution < 1.29 is 14.6 Å². The summed E-state index contributed by atoms with van der Waals surface area (Å²) in [6.07, 6.45) is 2.75. The average molecular weight is 377 g/mol. The first-order valence-corrected chi connectivity index (χ1v) is 9.24. The van der Waals surface area contributed by atoms with Crippen LogP contribution in [0.3, 0.4) is 0 Å². The van der Waals surface area contributed by atoms with Crippen LogP contribution in [0.2, 0.25) is 0 Å². The molecule has 0 saturated carbocycles. The Labute approximate surface area is 164 Å². The Kier molecular flexibility index (Phi) is 6.57. The van der Waals surface area contributed by atoms with Crippen molar-refractivity contribution >= 4 is 11.8 Å². The van der Waals surface area contributed by atoms with Crippen LogP contribution in [0.1, 0.15) is 18.9 Å². The number of anilines is 1. The second-order valence-electron chi connectivity index (χ2n) is 6.39. The number of carboxylic acids is 1. The van der Waals surface area contributed by atoms with E-state index in [1.54, 1.807) is 6.07 Å². The van der Waals surface area contributed by atoms with Crippen molar-refractivity contribution in [3.8, 4) is 17.0 Å². The Morgan fingerprint density at radius 2 is 1.86 bits per heavy atom. The zero-order valence-electron chi connectivity index (χ0n) is 15.7. The van der Waals surface area contributed by atoms with Crippen molar-refractivity contribution in [1.29, 1.82) is 0 Å². The predicted molar refractivity (Wildman–Crippen MR) is 108 cm³/mol. The lowest BCUT2D eigenvalue weighted by molar-refractivity contribution is -0.137. The van der Waals surface area contributed by atoms with Crippen LogP contribution in [0.25, 0.3) is 11.3 Å². The van der Waals surface area contributed by atoms with Crippen LogP contribution >= 0.6 is 0 Å². The highest BCUT2D eigenvalue weighted by atomic mass is 16.5. The van der Waals surface area contributed by atoms with E-state index < -0.39 is 12.0 Å². The molecule has 144 valence electrons. The largest absolute Gasteiger partial charge is 0.494 e. The van der Waals surface area contributed by atoms with Crippen molar-refractivity contribution in [2.24, 2.45) is 0 Å². The van der Waals surface area contributed by atoms with Crippen molar-refractivity contribution in [3.63, 3.8) is 0 Å². The Morgan fingerprint density at radius 1 is 1.11 bits per heavy atom. The summed E-state index contributed by atoms with van der Waals surface area (Å²) < 4.78 is 5.59. The topological polar surface area (TPSA) is 84.3 Å². The normalized spacial score (nSPS) is 11.6. The number of hydrogen-bond acceptors (Lipinski definition) is 5. The highest BCUT2D eigenvalue weighted by Crippen LogP contribution is 2.22. The Morgan fingerprint density at radius 3 is 2.54 bits per heavy atom. The number of ether oxygens (including phenoxy) is 1. The second-order valence-corrected chi connectivity index (χ2v) is 6.39. The van der Waals surface area contributed by atoms with E-state index in [2.05, 4.69) is 22.2 Å². The van der Waals surface area contributed by atoms with Gasteiger partial charge in [-0.3, -0.25) is 0 Å². The third-order valence-electron chi connectivity index (χ3n) is 4.19. The van der Waals surface area contributed by atoms with E-state index in [0.717, 1.165) is 23.3 Å². The van der Waals surface area contributed by atoms with Gasteiger partial charge >= 0.3 is 5.97 Å². The monoisotopic (exact) mass is 377 g/mol. The van der Waals surface area contributed by atoms with Crippen LogP contribution in [-0.4, -0.2) is 33.7 Å². The molecule has 0 saturated heterocycles. The van der Waals surface area contributed by atoms with Crippen LogP contribution in [0.5, 0.6) is 5.75 Å². The molecule has 0 fully saturated rings. The summed E-state index contributed by atoms with van der Waals surface area (Å²) in [4.78, 5) is 20.1. The molecular formula is C22H23N3O3. The van der Waals surface area contributed by atoms with E-state index in [9.17, 15) is 9.90 Å². The number of carbonyl (C=O) groups is 1. The number of nitrogens with one attached hydrogen (secondary N) is 1. The lowest BCUT2D eigenvalue weighted by atomic mass is 10.1. The SMILES string of the molecule is CCCOc1ccc(-c2cc(NC(Cc3ccccc3)C(=O)O)ncn2)cc1. The number of rotatable bonds is 9. The molecule has 3 rings (SSSR count). The number of benzene rings is 2. The predicted octanol–water partition coefficient (Wildman–Crippen LogP) is 4.04. The number of hydrogen-bond donors (Lipinski definition) is 2. The van der Waals surface area contributed by atoms with Gasteiger partial charge in [-0.2, -0.15) is 0 Å². The lowest BCUT2D eigenvalue weighted by Gasteiger charge is -2.15. The molecule has 6 heteroatoms. The molecule has 2 N–H and O–H groups in total. The van der Waals surface area contributed by atoms with Gasteiger partial charge in [0, 0.05) is 18.1 Å². The van der Waals surface area contributed by atoms with E-state index in [-0.39, 0.29) is 0 Å². The van der Waals surface area contributed by atoms with Crippen LogP contribution in [0.4, 0.5) is 5.82 Å². The molecule has 1 atom stereocenters. The highest BCUT2D eigenvalue weighted by Gasteiger charge is 2.18. The van der Waals surface area contributed by atoms with Crippen LogP contribution in [-0.2, 0) is 11.2 Å². The van der Waals surface area contributed by atoms with Crippen molar-refractivity contribution in [1.82, 2.24) is 9.97 Å². The molecule has 1 aromatic heterocycles. The van der Waals surface area contributed by atoms with Gasteiger partial charge in [0.2, 0.25) is 0 Å². The number of aromatic nitrogens is 2. The molecule has 0 aliphatic carbocycles. The zero-order valence-corrected chi connectivity index (χ0v) is 15.7. The van der Waals surface area contributed by atoms with Crippen LogP contribution < -0.4 is 10.1 Å². The summed E-state index contributed by atoms with van der Waals surface area (Å²) in [5.74, 6) is 0.355. The average Bonchev–Trinajstić information content (AvgIpc) is 2.73. The van der Waals surface area contributed by atoms with Crippen molar-refractivity contribution in [2.45, 2.75) is 25.8 Å². The van der Waals surface area contributed by atoms with Crippen molar-refractivity contribution in [3.05, 3.63) is 72.6 Å². The summed E-state index contributed by atoms with van der Waals surface area (Å²) >= 11 is 0. The lowest BCUT2D eigenvalue weighted by Crippen LogP contribution is -2.31. The summed E-state index contributed by atoms with van der Waals surface area (Å²) in [7, 11) is 0. The fourth-order valence-electron chi connectivity index (χ4n) is 2.76. The van der Waals surface area contributed by atoms with Gasteiger partial charge in [-0.25, -0.2) is 14.8 Å². The summed E-state index contributed by atoms with van der Waals surface area (Å²) in [6, 6.07) is 18.1. The fraction of sp³-hybridized carbons (Fsp3) is 0.227. The van der Waals surface area contributed by atoms with Gasteiger partial charge < -0.3 is 15.2 Å². The second kappa shape index (κ2) is 9.50. The van der Waals surface area contributed by atoms with Crippen LogP contribution in [0, 0.1) is 0 Å². The molecular weight excluding hydrogens is 354 g/mol. The Bertz CT molecular complexity index is 898. The van der Waals surface area contributed by atoms with E-state index in [1.165, 1.54) is 6.33 Å². The molecule has 0 aliphatic heterocycles. The first-order valence-electron chi connectivity index (χ1n) is 9.24. The minimum Gasteiger partial charge on any atom is -0.494 e. The molecule has 0 radical (unpaired) electrons. The minimum atomic E-state index is -0.929. The Hall–Kier alpha value is -3.41. The quantitative estimate of drug-likeness (QED) is 0.585. The maximum Gasteiger partial charge on any atom is 0.326 e. The van der Waals surface area contributed by atoms with Gasteiger partial charge in [0.05, 0.1) is 12.3 Å². The molecule has 0 bridgehead atoms. The molecule has 1 unspecified atom stereocenters. The smallest absolute Gasteiger partial charge is 0.326 e. The van der Waals surface area contributed by atoms with Gasteiger partial charge in [-0.1, -0.05) is 37.3 Å². The Balaban J connectivity index is 1.73. The molecule has 6 nitrogen and oxygen atoms in total. The first kappa shape index (κ1) is 19.4. The molecule has 0 aliphatic rings. The van der Waals surface area contributed by atoms with Gasteiger partial charge in [0.1, 0.15) is 23.9 Å². The maximum atomic E-state index is 11.7. The number of nitrogens with zero attached hydrogens (tertiary/aromatic N) is 2. The molecule has 3 aromatic rings. The van der Waals surface area contributed by atoms with Crippen LogP contribution in [0.15, 0.2) is 67.0 Å². The summed E-state index contributed by atoms with van der Waals surface area (Å²) in [5, 5.41) is 12.6. The number of aliphatic carboxylic acids is 1. The third kappa shape index (κ3) is 5.30. The highest BCUT2D eigenvalue weighted by molar-refractivity contribution is 5.77. The first-order chi connectivity index (χ1) is 13.7. The van der Waals surface area contributed by atoms with E-state index in [0.29, 0.717) is 24.5 Å². The van der Waals surface area contributed by atoms with Crippen molar-refractivity contribution in [2.75, 3.05) is 11.9 Å². The molecule has 0 spiro atoms. The molecule has 0 amide bonds. The molecule has 2 aromatic carbocycles. The van der Waals surface area contributed by atoms with E-state index >= 15 is 0 Å². The zero-order chi connectivity index (χ0) is 19.8. The minimum absolute atomic E-state index is 0.360. The standard InChI is InChI=1S/C22H23N3O3/c1-2-12-28-18-10-8-17(9-11-18)19-14-21(24-15-23-19)25-20(22(26)27)13-16-6-4-3-5-7-16/h3-11,14-15,20H,2,12-13H2,1H3,(H,26,27)(H,23,24,25). The van der Waals surface area contributed by atoms with E-state index in [1.807, 2.05) is 54.6 Å². The fourth-order valence-corrected chi connectivity index (χ4v) is 2.76. The molecule has 28 heavy (non-hydrogen) atoms. The summed E-state index contributed by atoms with van der Waals surface area (Å²) in [5.41, 5.74) is 2.56. The molecule has 1 heterocycles. The maximum absolute atomic E-state index is 11.7. The number of carboxylic acid groups (broad SMARTS) is 1. The van der Waals surface area contributed by atoms with Gasteiger partial charge in [-0.05, 0) is 36.2 Å². The summed E-state index contributed by atoms with van der Waals surface area (Å²) in [6.45, 7) is 2.74. The van der Waals surface area contributed by atoms with Gasteiger partial charge in [0.25, 0.3) is 0 Å². The third-order valence-corrected chi connectivity index (χ3v) is 4.19.